The molecule has 6 heteroatoms. The SMILES string of the molecule is COC(=O)c1ccc(/C=C/C(=O)Oc2ccc3c(c2)OCO3)cc1. The molecule has 0 saturated heterocycles. The first-order valence-corrected chi connectivity index (χ1v) is 7.13. The van der Waals surface area contributed by atoms with Gasteiger partial charge in [0.1, 0.15) is 5.75 Å². The second kappa shape index (κ2) is 6.87. The fraction of sp³-hybridized carbons (Fsp3) is 0.111. The number of hydrogen-bond donors (Lipinski definition) is 0. The molecule has 0 aliphatic carbocycles. The Morgan fingerprint density at radius 2 is 1.79 bits per heavy atom. The van der Waals surface area contributed by atoms with E-state index in [0.717, 1.165) is 5.56 Å². The number of carbonyl (C=O) groups excluding carboxylic acids is 2. The third kappa shape index (κ3) is 3.55. The lowest BCUT2D eigenvalue weighted by molar-refractivity contribution is -0.128. The molecule has 0 aromatic heterocycles. The van der Waals surface area contributed by atoms with Gasteiger partial charge in [0, 0.05) is 12.1 Å². The van der Waals surface area contributed by atoms with Crippen molar-refractivity contribution in [3.8, 4) is 17.2 Å². The van der Waals surface area contributed by atoms with Gasteiger partial charge in [0.15, 0.2) is 11.5 Å². The summed E-state index contributed by atoms with van der Waals surface area (Å²) in [5.41, 5.74) is 1.20. The number of rotatable bonds is 4. The minimum absolute atomic E-state index is 0.161. The van der Waals surface area contributed by atoms with Crippen LogP contribution in [0.25, 0.3) is 6.08 Å². The number of ether oxygens (including phenoxy) is 4. The Morgan fingerprint density at radius 1 is 1.04 bits per heavy atom. The first-order chi connectivity index (χ1) is 11.7. The van der Waals surface area contributed by atoms with Crippen LogP contribution in [0.2, 0.25) is 0 Å². The summed E-state index contributed by atoms with van der Waals surface area (Å²) < 4.78 is 20.2. The molecule has 0 N–H and O–H groups in total. The first-order valence-electron chi connectivity index (χ1n) is 7.13. The van der Waals surface area contributed by atoms with E-state index in [4.69, 9.17) is 14.2 Å². The quantitative estimate of drug-likeness (QED) is 0.489. The fourth-order valence-electron chi connectivity index (χ4n) is 2.10. The maximum absolute atomic E-state index is 11.9. The molecular formula is C18H14O6. The maximum atomic E-state index is 11.9. The average molecular weight is 326 g/mol. The van der Waals surface area contributed by atoms with Gasteiger partial charge in [0.25, 0.3) is 0 Å². The summed E-state index contributed by atoms with van der Waals surface area (Å²) in [6, 6.07) is 11.6. The maximum Gasteiger partial charge on any atom is 0.337 e. The van der Waals surface area contributed by atoms with Gasteiger partial charge < -0.3 is 18.9 Å². The lowest BCUT2D eigenvalue weighted by Gasteiger charge is -2.02. The summed E-state index contributed by atoms with van der Waals surface area (Å²) >= 11 is 0. The van der Waals surface area contributed by atoms with E-state index in [-0.39, 0.29) is 6.79 Å². The van der Waals surface area contributed by atoms with Gasteiger partial charge in [-0.15, -0.1) is 0 Å². The molecule has 0 fully saturated rings. The molecule has 0 atom stereocenters. The molecule has 24 heavy (non-hydrogen) atoms. The molecule has 0 unspecified atom stereocenters. The van der Waals surface area contributed by atoms with Crippen LogP contribution < -0.4 is 14.2 Å². The van der Waals surface area contributed by atoms with E-state index in [1.807, 2.05) is 0 Å². The molecule has 6 nitrogen and oxygen atoms in total. The predicted octanol–water partition coefficient (Wildman–Crippen LogP) is 2.82. The Hall–Kier alpha value is -3.28. The smallest absolute Gasteiger partial charge is 0.337 e. The molecule has 0 radical (unpaired) electrons. The monoisotopic (exact) mass is 326 g/mol. The number of hydrogen-bond acceptors (Lipinski definition) is 6. The molecule has 1 aliphatic heterocycles. The minimum Gasteiger partial charge on any atom is -0.465 e. The van der Waals surface area contributed by atoms with Gasteiger partial charge in [-0.2, -0.15) is 0 Å². The summed E-state index contributed by atoms with van der Waals surface area (Å²) in [7, 11) is 1.32. The van der Waals surface area contributed by atoms with E-state index in [0.29, 0.717) is 22.8 Å². The van der Waals surface area contributed by atoms with E-state index in [2.05, 4.69) is 4.74 Å². The van der Waals surface area contributed by atoms with Crippen LogP contribution in [0.1, 0.15) is 15.9 Å². The third-order valence-electron chi connectivity index (χ3n) is 3.31. The van der Waals surface area contributed by atoms with Crippen molar-refractivity contribution >= 4 is 18.0 Å². The van der Waals surface area contributed by atoms with Crippen LogP contribution in [-0.2, 0) is 9.53 Å². The third-order valence-corrected chi connectivity index (χ3v) is 3.31. The molecule has 1 aliphatic rings. The van der Waals surface area contributed by atoms with Crippen LogP contribution in [0, 0.1) is 0 Å². The Balaban J connectivity index is 1.62. The van der Waals surface area contributed by atoms with Crippen LogP contribution in [0.5, 0.6) is 17.2 Å². The van der Waals surface area contributed by atoms with Gasteiger partial charge in [0.05, 0.1) is 12.7 Å². The van der Waals surface area contributed by atoms with Crippen molar-refractivity contribution in [3.05, 3.63) is 59.7 Å². The van der Waals surface area contributed by atoms with Gasteiger partial charge in [-0.05, 0) is 35.9 Å². The number of esters is 2. The van der Waals surface area contributed by atoms with Crippen molar-refractivity contribution in [1.29, 1.82) is 0 Å². The minimum atomic E-state index is -0.522. The van der Waals surface area contributed by atoms with Crippen LogP contribution in [-0.4, -0.2) is 25.8 Å². The Morgan fingerprint density at radius 3 is 2.54 bits per heavy atom. The second-order valence-electron chi connectivity index (χ2n) is 4.88. The molecule has 2 aromatic carbocycles. The molecule has 1 heterocycles. The highest BCUT2D eigenvalue weighted by Gasteiger charge is 2.14. The first kappa shape index (κ1) is 15.6. The highest BCUT2D eigenvalue weighted by molar-refractivity contribution is 5.91. The van der Waals surface area contributed by atoms with Gasteiger partial charge in [-0.3, -0.25) is 0 Å². The molecule has 122 valence electrons. The topological polar surface area (TPSA) is 71.1 Å². The predicted molar refractivity (Wildman–Crippen MR) is 85.0 cm³/mol. The van der Waals surface area contributed by atoms with Gasteiger partial charge in [-0.25, -0.2) is 9.59 Å². The van der Waals surface area contributed by atoms with E-state index in [1.165, 1.54) is 13.2 Å². The highest BCUT2D eigenvalue weighted by Crippen LogP contribution is 2.35. The van der Waals surface area contributed by atoms with E-state index in [1.54, 1.807) is 48.5 Å². The zero-order valence-electron chi connectivity index (χ0n) is 12.9. The second-order valence-corrected chi connectivity index (χ2v) is 4.88. The van der Waals surface area contributed by atoms with E-state index in [9.17, 15) is 9.59 Å². The zero-order valence-corrected chi connectivity index (χ0v) is 12.9. The molecule has 0 amide bonds. The molecule has 2 aromatic rings. The standard InChI is InChI=1S/C18H14O6/c1-21-18(20)13-5-2-12(3-6-13)4-9-17(19)24-14-7-8-15-16(10-14)23-11-22-15/h2-10H,11H2,1H3/b9-4+. The van der Waals surface area contributed by atoms with Gasteiger partial charge in [0.2, 0.25) is 6.79 Å². The van der Waals surface area contributed by atoms with Crippen LogP contribution in [0.4, 0.5) is 0 Å². The summed E-state index contributed by atoms with van der Waals surface area (Å²) in [5, 5.41) is 0. The number of methoxy groups -OCH3 is 1. The van der Waals surface area contributed by atoms with E-state index >= 15 is 0 Å². The fourth-order valence-corrected chi connectivity index (χ4v) is 2.10. The van der Waals surface area contributed by atoms with Crippen LogP contribution in [0.15, 0.2) is 48.5 Å². The zero-order chi connectivity index (χ0) is 16.9. The number of carbonyl (C=O) groups is 2. The van der Waals surface area contributed by atoms with Crippen molar-refractivity contribution < 1.29 is 28.5 Å². The van der Waals surface area contributed by atoms with Crippen molar-refractivity contribution in [1.82, 2.24) is 0 Å². The van der Waals surface area contributed by atoms with Gasteiger partial charge >= 0.3 is 11.9 Å². The molecule has 0 saturated carbocycles. The average Bonchev–Trinajstić information content (AvgIpc) is 3.07. The summed E-state index contributed by atoms with van der Waals surface area (Å²) in [6.45, 7) is 0.161. The molecular weight excluding hydrogens is 312 g/mol. The van der Waals surface area contributed by atoms with Crippen molar-refractivity contribution in [2.45, 2.75) is 0 Å². The Bertz CT molecular complexity index is 792. The lowest BCUT2D eigenvalue weighted by atomic mass is 10.1. The summed E-state index contributed by atoms with van der Waals surface area (Å²) in [6.07, 6.45) is 2.90. The summed E-state index contributed by atoms with van der Waals surface area (Å²) in [4.78, 5) is 23.2. The molecule has 0 spiro atoms. The van der Waals surface area contributed by atoms with E-state index < -0.39 is 11.9 Å². The normalized spacial score (nSPS) is 12.2. The largest absolute Gasteiger partial charge is 0.465 e. The highest BCUT2D eigenvalue weighted by atomic mass is 16.7. The molecule has 0 bridgehead atoms. The van der Waals surface area contributed by atoms with Gasteiger partial charge in [-0.1, -0.05) is 12.1 Å². The van der Waals surface area contributed by atoms with Crippen molar-refractivity contribution in [3.63, 3.8) is 0 Å². The Kier molecular flexibility index (Phi) is 4.47. The van der Waals surface area contributed by atoms with Crippen LogP contribution >= 0.6 is 0 Å². The Labute approximate surface area is 138 Å². The summed E-state index contributed by atoms with van der Waals surface area (Å²) in [5.74, 6) is 0.604. The molecule has 3 rings (SSSR count). The van der Waals surface area contributed by atoms with Crippen LogP contribution in [0.3, 0.4) is 0 Å². The number of benzene rings is 2. The lowest BCUT2D eigenvalue weighted by Crippen LogP contribution is -2.03. The van der Waals surface area contributed by atoms with Crippen molar-refractivity contribution in [2.75, 3.05) is 13.9 Å². The van der Waals surface area contributed by atoms with Crippen molar-refractivity contribution in [2.24, 2.45) is 0 Å². The number of fused-ring (bicyclic) bond motifs is 1.